The van der Waals surface area contributed by atoms with E-state index in [-0.39, 0.29) is 17.4 Å². The molecule has 22 heavy (non-hydrogen) atoms. The van der Waals surface area contributed by atoms with E-state index >= 15 is 0 Å². The van der Waals surface area contributed by atoms with Crippen LogP contribution < -0.4 is 4.74 Å². The van der Waals surface area contributed by atoms with Gasteiger partial charge in [-0.1, -0.05) is 25.1 Å². The van der Waals surface area contributed by atoms with Crippen molar-refractivity contribution in [3.63, 3.8) is 0 Å². The van der Waals surface area contributed by atoms with Gasteiger partial charge in [0.15, 0.2) is 0 Å². The van der Waals surface area contributed by atoms with Gasteiger partial charge in [-0.15, -0.1) is 0 Å². The summed E-state index contributed by atoms with van der Waals surface area (Å²) in [4.78, 5) is 0. The van der Waals surface area contributed by atoms with Crippen molar-refractivity contribution in [1.82, 2.24) is 0 Å². The molecule has 3 heteroatoms. The Hall–Kier alpha value is -1.32. The normalized spacial score (nSPS) is 42.5. The number of aliphatic hydroxyl groups is 2. The first-order chi connectivity index (χ1) is 10.5. The van der Waals surface area contributed by atoms with Gasteiger partial charge < -0.3 is 14.9 Å². The van der Waals surface area contributed by atoms with Gasteiger partial charge in [-0.25, -0.2) is 0 Å². The lowest BCUT2D eigenvalue weighted by molar-refractivity contribution is -0.147. The third-order valence-electron chi connectivity index (χ3n) is 6.66. The first-order valence-electron chi connectivity index (χ1n) is 8.26. The fraction of sp³-hybridized carbons (Fsp3) is 0.579. The average Bonchev–Trinajstić information content (AvgIpc) is 2.78. The minimum atomic E-state index is -0.788. The van der Waals surface area contributed by atoms with Gasteiger partial charge in [0.2, 0.25) is 0 Å². The van der Waals surface area contributed by atoms with E-state index in [2.05, 4.69) is 31.2 Å². The number of benzene rings is 1. The van der Waals surface area contributed by atoms with Crippen LogP contribution in [0.4, 0.5) is 0 Å². The number of rotatable bonds is 1. The van der Waals surface area contributed by atoms with Crippen molar-refractivity contribution in [2.24, 2.45) is 11.3 Å². The van der Waals surface area contributed by atoms with E-state index in [4.69, 9.17) is 4.74 Å². The van der Waals surface area contributed by atoms with Gasteiger partial charge in [-0.05, 0) is 54.9 Å². The number of hydrogen-bond acceptors (Lipinski definition) is 3. The lowest BCUT2D eigenvalue weighted by Crippen LogP contribution is -2.56. The Labute approximate surface area is 131 Å². The molecule has 1 aromatic rings. The Balaban J connectivity index is 1.77. The predicted octanol–water partition coefficient (Wildman–Crippen LogP) is 3.11. The zero-order valence-corrected chi connectivity index (χ0v) is 13.2. The topological polar surface area (TPSA) is 49.7 Å². The van der Waals surface area contributed by atoms with Crippen molar-refractivity contribution < 1.29 is 14.9 Å². The first-order valence-corrected chi connectivity index (χ1v) is 8.26. The molecule has 118 valence electrons. The summed E-state index contributed by atoms with van der Waals surface area (Å²) in [7, 11) is 1.69. The van der Waals surface area contributed by atoms with Crippen LogP contribution in [0.15, 0.2) is 24.3 Å². The first kappa shape index (κ1) is 14.3. The molecular weight excluding hydrogens is 276 g/mol. The lowest BCUT2D eigenvalue weighted by atomic mass is 9.54. The maximum Gasteiger partial charge on any atom is 0.119 e. The van der Waals surface area contributed by atoms with Gasteiger partial charge in [-0.3, -0.25) is 0 Å². The van der Waals surface area contributed by atoms with Gasteiger partial charge in [0.05, 0.1) is 18.8 Å². The minimum absolute atomic E-state index is 0.101. The molecule has 0 aromatic heterocycles. The summed E-state index contributed by atoms with van der Waals surface area (Å²) in [6, 6.07) is 6.23. The molecule has 0 heterocycles. The van der Waals surface area contributed by atoms with Gasteiger partial charge in [0, 0.05) is 11.3 Å². The Morgan fingerprint density at radius 3 is 2.82 bits per heavy atom. The molecule has 3 aliphatic carbocycles. The Morgan fingerprint density at radius 1 is 1.23 bits per heavy atom. The molecule has 2 fully saturated rings. The fourth-order valence-corrected chi connectivity index (χ4v) is 5.16. The Bertz CT molecular complexity index is 638. The van der Waals surface area contributed by atoms with Crippen molar-refractivity contribution >= 4 is 6.08 Å². The molecule has 3 aliphatic rings. The molecule has 0 saturated heterocycles. The molecule has 0 amide bonds. The summed E-state index contributed by atoms with van der Waals surface area (Å²) in [5.41, 5.74) is 1.35. The zero-order valence-electron chi connectivity index (χ0n) is 13.2. The van der Waals surface area contributed by atoms with Crippen molar-refractivity contribution in [3.8, 4) is 5.75 Å². The minimum Gasteiger partial charge on any atom is -0.497 e. The van der Waals surface area contributed by atoms with Crippen LogP contribution in [0.3, 0.4) is 0 Å². The highest BCUT2D eigenvalue weighted by Gasteiger charge is 2.63. The van der Waals surface area contributed by atoms with Crippen LogP contribution in [0.1, 0.15) is 49.7 Å². The van der Waals surface area contributed by atoms with Crippen LogP contribution >= 0.6 is 0 Å². The molecule has 5 atom stereocenters. The molecule has 1 aromatic carbocycles. The number of hydrogen-bond donors (Lipinski definition) is 2. The van der Waals surface area contributed by atoms with Gasteiger partial charge in [0.25, 0.3) is 0 Å². The lowest BCUT2D eigenvalue weighted by Gasteiger charge is -2.53. The number of aliphatic hydroxyl groups excluding tert-OH is 1. The maximum atomic E-state index is 11.4. The molecule has 0 radical (unpaired) electrons. The largest absolute Gasteiger partial charge is 0.497 e. The third-order valence-corrected chi connectivity index (χ3v) is 6.66. The average molecular weight is 300 g/mol. The maximum absolute atomic E-state index is 11.4. The molecule has 0 aliphatic heterocycles. The van der Waals surface area contributed by atoms with Crippen LogP contribution in [0, 0.1) is 11.3 Å². The Morgan fingerprint density at radius 2 is 2.05 bits per heavy atom. The predicted molar refractivity (Wildman–Crippen MR) is 85.8 cm³/mol. The van der Waals surface area contributed by atoms with E-state index in [1.165, 1.54) is 11.1 Å². The standard InChI is InChI=1S/C19H24O3/c1-18-9-7-15-14-5-4-13(22-2)11-12(14)3-6-16(15)19(18,21)10-8-17(18)20/h3-6,11,15-17,20-21H,7-10H2,1-2H3/t15-,16+,17+,18+,19-/m0/s1. The van der Waals surface area contributed by atoms with Crippen molar-refractivity contribution in [2.45, 2.75) is 50.2 Å². The second-order valence-corrected chi connectivity index (χ2v) is 7.42. The summed E-state index contributed by atoms with van der Waals surface area (Å²) >= 11 is 0. The van der Waals surface area contributed by atoms with E-state index in [9.17, 15) is 10.2 Å². The van der Waals surface area contributed by atoms with E-state index in [1.807, 2.05) is 6.07 Å². The number of ether oxygens (including phenoxy) is 1. The monoisotopic (exact) mass is 300 g/mol. The highest BCUT2D eigenvalue weighted by molar-refractivity contribution is 5.61. The molecule has 4 rings (SSSR count). The summed E-state index contributed by atoms with van der Waals surface area (Å²) < 4.78 is 5.32. The van der Waals surface area contributed by atoms with E-state index in [1.54, 1.807) is 7.11 Å². The summed E-state index contributed by atoms with van der Waals surface area (Å²) in [6.07, 6.45) is 7.20. The highest BCUT2D eigenvalue weighted by atomic mass is 16.5. The molecular formula is C19H24O3. The second-order valence-electron chi connectivity index (χ2n) is 7.42. The fourth-order valence-electron chi connectivity index (χ4n) is 5.16. The van der Waals surface area contributed by atoms with Crippen LogP contribution in [-0.2, 0) is 0 Å². The molecule has 0 bridgehead atoms. The van der Waals surface area contributed by atoms with E-state index in [0.29, 0.717) is 18.8 Å². The van der Waals surface area contributed by atoms with Crippen molar-refractivity contribution in [3.05, 3.63) is 35.4 Å². The number of methoxy groups -OCH3 is 1. The van der Waals surface area contributed by atoms with Gasteiger partial charge in [-0.2, -0.15) is 0 Å². The van der Waals surface area contributed by atoms with Crippen LogP contribution in [0.5, 0.6) is 5.75 Å². The van der Waals surface area contributed by atoms with E-state index < -0.39 is 5.60 Å². The third kappa shape index (κ3) is 1.64. The number of fused-ring (bicyclic) bond motifs is 5. The van der Waals surface area contributed by atoms with Gasteiger partial charge >= 0.3 is 0 Å². The van der Waals surface area contributed by atoms with Gasteiger partial charge in [0.1, 0.15) is 5.75 Å². The smallest absolute Gasteiger partial charge is 0.119 e. The SMILES string of the molecule is COc1ccc2c(c1)C=C[C@@H]1[C@H]2CC[C@]2(C)[C@H](O)CC[C@]12O. The molecule has 2 saturated carbocycles. The van der Waals surface area contributed by atoms with Crippen LogP contribution in [0.2, 0.25) is 0 Å². The van der Waals surface area contributed by atoms with Crippen LogP contribution in [-0.4, -0.2) is 29.0 Å². The zero-order chi connectivity index (χ0) is 15.5. The van der Waals surface area contributed by atoms with Crippen LogP contribution in [0.25, 0.3) is 6.08 Å². The molecule has 2 N–H and O–H groups in total. The Kier molecular flexibility index (Phi) is 2.98. The molecule has 0 unspecified atom stereocenters. The van der Waals surface area contributed by atoms with Crippen molar-refractivity contribution in [1.29, 1.82) is 0 Å². The summed E-state index contributed by atoms with van der Waals surface area (Å²) in [5, 5.41) is 21.8. The molecule has 3 nitrogen and oxygen atoms in total. The van der Waals surface area contributed by atoms with E-state index in [0.717, 1.165) is 18.6 Å². The quantitative estimate of drug-likeness (QED) is 0.838. The van der Waals surface area contributed by atoms with Crippen molar-refractivity contribution in [2.75, 3.05) is 7.11 Å². The molecule has 0 spiro atoms. The second kappa shape index (κ2) is 4.59. The summed E-state index contributed by atoms with van der Waals surface area (Å²) in [6.45, 7) is 2.07. The summed E-state index contributed by atoms with van der Waals surface area (Å²) in [5.74, 6) is 1.32. The highest BCUT2D eigenvalue weighted by Crippen LogP contribution is 2.62.